The molecule has 0 aliphatic carbocycles. The maximum atomic E-state index is 4.08. The molecule has 63 valence electrons. The van der Waals surface area contributed by atoms with E-state index in [1.807, 2.05) is 0 Å². The highest BCUT2D eigenvalue weighted by Gasteiger charge is 0.880. The zero-order valence-electron chi connectivity index (χ0n) is 4.18. The van der Waals surface area contributed by atoms with Crippen LogP contribution in [0.5, 0.6) is 0 Å². The monoisotopic (exact) mass is 204 g/mol. The van der Waals surface area contributed by atoms with Crippen LogP contribution >= 0.6 is 38.4 Å². The topological polar surface area (TPSA) is 78.1 Å². The number of halogens is 3. The summed E-state index contributed by atoms with van der Waals surface area (Å²) in [5.74, 6) is 0. The van der Waals surface area contributed by atoms with E-state index in [0.717, 1.165) is 0 Å². The fraction of sp³-hybridized carbons (Fsp3) is 0. The van der Waals surface area contributed by atoms with Crippen LogP contribution in [0.15, 0.2) is 0 Å². The van der Waals surface area contributed by atoms with Crippen LogP contribution in [-0.2, 0) is 0 Å². The maximum Gasteiger partial charge on any atom is 0.00201 e. The molecule has 0 aliphatic heterocycles. The first kappa shape index (κ1) is 53.4. The van der Waals surface area contributed by atoms with Crippen molar-refractivity contribution in [2.75, 3.05) is 0 Å². The number of nitrogens with two attached hydrogens (primary N) is 3. The normalized spacial score (nSPS) is 2.00. The molecular formula is H9F3N3S3. The van der Waals surface area contributed by atoms with Gasteiger partial charge < -0.3 is 0 Å². The predicted octanol–water partition coefficient (Wildman–Crippen LogP) is 0.630. The fourth-order valence-electron chi connectivity index (χ4n) is 0. The van der Waals surface area contributed by atoms with Crippen molar-refractivity contribution in [1.82, 2.24) is 0 Å². The molecule has 0 spiro atoms. The second-order valence-corrected chi connectivity index (χ2v) is 0. The van der Waals surface area contributed by atoms with E-state index in [2.05, 4.69) is 53.9 Å². The molecule has 0 aromatic heterocycles. The van der Waals surface area contributed by atoms with Crippen LogP contribution in [0.25, 0.3) is 0 Å². The van der Waals surface area contributed by atoms with Crippen LogP contribution in [-0.4, -0.2) is 0 Å². The Morgan fingerprint density at radius 2 is 0.444 bits per heavy atom. The zero-order valence-corrected chi connectivity index (χ0v) is 6.63. The summed E-state index contributed by atoms with van der Waals surface area (Å²) in [6.45, 7) is 0. The van der Waals surface area contributed by atoms with Gasteiger partial charge in [-0.3, -0.25) is 29.5 Å². The molecule has 0 rings (SSSR count). The smallest absolute Gasteiger partial charge is 0.00201 e. The first-order valence-corrected chi connectivity index (χ1v) is 2.12. The first-order valence-electron chi connectivity index (χ1n) is 0.707. The van der Waals surface area contributed by atoms with Crippen molar-refractivity contribution in [3.05, 3.63) is 0 Å². The zero-order chi connectivity index (χ0) is 6.00. The van der Waals surface area contributed by atoms with Crippen LogP contribution in [0.2, 0.25) is 0 Å². The van der Waals surface area contributed by atoms with Crippen molar-refractivity contribution in [3.8, 4) is 0 Å². The molecule has 9 heavy (non-hydrogen) atoms. The summed E-state index contributed by atoms with van der Waals surface area (Å²) in [7, 11) is 0. The van der Waals surface area contributed by atoms with Gasteiger partial charge in [0.1, 0.15) is 0 Å². The molecule has 0 unspecified atom stereocenters. The maximum absolute atomic E-state index is 4.08. The largest absolute Gasteiger partial charge is 0.269 e. The lowest BCUT2D eigenvalue weighted by Gasteiger charge is -1.14. The summed E-state index contributed by atoms with van der Waals surface area (Å²) >= 11 is 10.8. The molecule has 0 saturated carbocycles. The molecule has 0 aromatic carbocycles. The van der Waals surface area contributed by atoms with Gasteiger partial charge in [-0.1, -0.05) is 0 Å². The Hall–Kier alpha value is 0.720. The highest BCUT2D eigenvalue weighted by atomic mass is 32.1. The minimum atomic E-state index is 0. The summed E-state index contributed by atoms with van der Waals surface area (Å²) in [5, 5.41) is 12.2. The molecule has 0 atom stereocenters. The molecule has 0 saturated heterocycles. The van der Waals surface area contributed by atoms with Gasteiger partial charge in [0.25, 0.3) is 0 Å². The molecule has 0 aliphatic rings. The third-order valence-corrected chi connectivity index (χ3v) is 0. The Bertz CT molecular complexity index is 14.3. The van der Waals surface area contributed by atoms with E-state index in [-0.39, 0.29) is 14.1 Å². The summed E-state index contributed by atoms with van der Waals surface area (Å²) in [6, 6.07) is 0. The molecule has 0 fully saturated rings. The van der Waals surface area contributed by atoms with Gasteiger partial charge >= 0.3 is 0 Å². The summed E-state index contributed by atoms with van der Waals surface area (Å²) < 4.78 is 0. The molecule has 0 bridgehead atoms. The average molecular weight is 204 g/mol. The van der Waals surface area contributed by atoms with Gasteiger partial charge in [-0.15, -0.1) is 0 Å². The van der Waals surface area contributed by atoms with E-state index in [0.29, 0.717) is 0 Å². The first-order chi connectivity index (χ1) is 3.00. The Morgan fingerprint density at radius 1 is 0.444 bits per heavy atom. The lowest BCUT2D eigenvalue weighted by Crippen LogP contribution is -1.49. The third-order valence-electron chi connectivity index (χ3n) is 0. The minimum absolute atomic E-state index is 0. The summed E-state index contributed by atoms with van der Waals surface area (Å²) in [4.78, 5) is 0. The number of rotatable bonds is 0. The van der Waals surface area contributed by atoms with Crippen LogP contribution in [0, 0.1) is 0 Å². The molecule has 0 heterocycles. The van der Waals surface area contributed by atoms with Crippen molar-refractivity contribution in [1.29, 1.82) is 0 Å². The van der Waals surface area contributed by atoms with Crippen LogP contribution in [0.1, 0.15) is 0 Å². The predicted molar refractivity (Wildman–Crippen MR) is 42.8 cm³/mol. The van der Waals surface area contributed by atoms with E-state index in [1.54, 1.807) is 0 Å². The van der Waals surface area contributed by atoms with Gasteiger partial charge in [-0.05, 0) is 0 Å². The molecule has 0 aromatic rings. The molecule has 6 N–H and O–H groups in total. The second kappa shape index (κ2) is 1000. The van der Waals surface area contributed by atoms with E-state index in [4.69, 9.17) is 0 Å². The van der Waals surface area contributed by atoms with Gasteiger partial charge in [0.2, 0.25) is 0 Å². The van der Waals surface area contributed by atoms with E-state index >= 15 is 0 Å². The van der Waals surface area contributed by atoms with Gasteiger partial charge in [-0.2, -0.15) is 0 Å². The highest BCUT2D eigenvalue weighted by Crippen LogP contribution is 1.12. The summed E-state index contributed by atoms with van der Waals surface area (Å²) in [6.07, 6.45) is 0. The molecule has 0 amide bonds. The average Bonchev–Trinajstić information content (AvgIpc) is 1.81. The Morgan fingerprint density at radius 3 is 0.444 bits per heavy atom. The summed E-state index contributed by atoms with van der Waals surface area (Å²) in [5.41, 5.74) is 0. The van der Waals surface area contributed by atoms with Crippen molar-refractivity contribution in [3.63, 3.8) is 0 Å². The second-order valence-electron chi connectivity index (χ2n) is 0. The molecule has 9 heteroatoms. The standard InChI is InChI=1S/3FH.3H2NS/c;;;3*1-2/h3*1H;3*1H2. The Labute approximate surface area is 68.5 Å². The molecule has 3 nitrogen and oxygen atoms in total. The SMILES string of the molecule is F.F.F.N[S].N[S].N[S]. The van der Waals surface area contributed by atoms with Crippen LogP contribution in [0.4, 0.5) is 14.1 Å². The molecular weight excluding hydrogens is 195 g/mol. The van der Waals surface area contributed by atoms with Gasteiger partial charge in [0.05, 0.1) is 0 Å². The van der Waals surface area contributed by atoms with Gasteiger partial charge in [-0.25, -0.2) is 0 Å². The van der Waals surface area contributed by atoms with Crippen molar-refractivity contribution in [2.24, 2.45) is 15.4 Å². The number of hydrogen-bond donors (Lipinski definition) is 3. The van der Waals surface area contributed by atoms with Gasteiger partial charge in [0.15, 0.2) is 0 Å². The third kappa shape index (κ3) is 760. The number of hydrogen-bond acceptors (Lipinski definition) is 3. The van der Waals surface area contributed by atoms with E-state index in [9.17, 15) is 0 Å². The Kier molecular flexibility index (Phi) is 5950. The van der Waals surface area contributed by atoms with E-state index in [1.165, 1.54) is 0 Å². The Balaban J connectivity index is -0.00000000321. The highest BCUT2D eigenvalue weighted by molar-refractivity contribution is 7.78. The minimum Gasteiger partial charge on any atom is -0.269 e. The lowest BCUT2D eigenvalue weighted by atomic mass is 14.0. The van der Waals surface area contributed by atoms with Crippen LogP contribution < -0.4 is 15.4 Å². The van der Waals surface area contributed by atoms with Crippen LogP contribution in [0.3, 0.4) is 0 Å². The quantitative estimate of drug-likeness (QED) is 0.541. The lowest BCUT2D eigenvalue weighted by molar-refractivity contribution is 1.11. The van der Waals surface area contributed by atoms with Crippen molar-refractivity contribution < 1.29 is 14.1 Å². The van der Waals surface area contributed by atoms with Gasteiger partial charge in [0, 0.05) is 38.4 Å². The molecule has 3 radical (unpaired) electrons. The fourth-order valence-corrected chi connectivity index (χ4v) is 0. The van der Waals surface area contributed by atoms with Crippen molar-refractivity contribution >= 4 is 38.4 Å². The van der Waals surface area contributed by atoms with Crippen molar-refractivity contribution in [2.45, 2.75) is 0 Å². The van der Waals surface area contributed by atoms with E-state index < -0.39 is 0 Å².